The Morgan fingerprint density at radius 1 is 0.425 bits per heavy atom. The van der Waals surface area contributed by atoms with Crippen LogP contribution in [0.4, 0.5) is 0 Å². The molecule has 0 aromatic heterocycles. The fourth-order valence-electron chi connectivity index (χ4n) is 3.75. The molecule has 0 aromatic rings. The van der Waals surface area contributed by atoms with Crippen LogP contribution in [-0.4, -0.2) is 87.8 Å². The third-order valence-electron chi connectivity index (χ3n) is 5.63. The van der Waals surface area contributed by atoms with Crippen LogP contribution in [-0.2, 0) is 0 Å². The predicted molar refractivity (Wildman–Crippen MR) is 169 cm³/mol. The zero-order chi connectivity index (χ0) is 27.1. The van der Waals surface area contributed by atoms with Gasteiger partial charge < -0.3 is 12.4 Å². The van der Waals surface area contributed by atoms with Crippen molar-refractivity contribution in [2.24, 2.45) is 39.9 Å². The van der Waals surface area contributed by atoms with Gasteiger partial charge in [-0.1, -0.05) is 72.9 Å². The summed E-state index contributed by atoms with van der Waals surface area (Å²) in [7, 11) is 9.84. The molecule has 4 heterocycles. The molecule has 200 valence electrons. The van der Waals surface area contributed by atoms with Gasteiger partial charge in [0.15, 0.2) is 0 Å². The standard InChI is InChI=1S/4C7H6N2.3ClH.Ga/c4*1-2-4-7-6(3-1)8-5-9-7;;;;/h4*1-6H;3*1H;/q;;;;;;;+3/p-3. The molecule has 8 rings (SSSR count). The van der Waals surface area contributed by atoms with Crippen molar-refractivity contribution in [2.45, 2.75) is 24.2 Å². The number of hydrogen-bond acceptors (Lipinski definition) is 8. The van der Waals surface area contributed by atoms with E-state index < -0.39 is 15.4 Å². The van der Waals surface area contributed by atoms with E-state index >= 15 is 0 Å². The second kappa shape index (κ2) is 17.5. The number of hydrogen-bond donors (Lipinski definition) is 0. The van der Waals surface area contributed by atoms with Crippen molar-refractivity contribution in [2.75, 3.05) is 0 Å². The van der Waals surface area contributed by atoms with Crippen LogP contribution in [0.15, 0.2) is 137 Å². The van der Waals surface area contributed by atoms with Crippen LogP contribution in [0.2, 0.25) is 0 Å². The van der Waals surface area contributed by atoms with E-state index in [0.29, 0.717) is 0 Å². The van der Waals surface area contributed by atoms with Gasteiger partial charge in [-0.25, -0.2) is 20.0 Å². The number of nitrogens with zero attached hydrogens (tertiary/aromatic N) is 8. The van der Waals surface area contributed by atoms with Crippen molar-refractivity contribution < 1.29 is 12.4 Å². The summed E-state index contributed by atoms with van der Waals surface area (Å²) in [6.07, 6.45) is 38.4. The number of fused-ring (bicyclic) bond motifs is 4. The summed E-state index contributed by atoms with van der Waals surface area (Å²) in [6.45, 7) is 0. The summed E-state index contributed by atoms with van der Waals surface area (Å²) < 4.78 is 0. The van der Waals surface area contributed by atoms with Gasteiger partial charge in [0.2, 0.25) is 0 Å². The van der Waals surface area contributed by atoms with Crippen LogP contribution < -0.4 is 12.4 Å². The third-order valence-corrected chi connectivity index (χ3v) is 5.63. The quantitative estimate of drug-likeness (QED) is 0.359. The molecular formula is C28H24Cl3GaN8. The van der Waals surface area contributed by atoms with Crippen molar-refractivity contribution in [1.82, 2.24) is 0 Å². The first-order chi connectivity index (χ1) is 19.3. The van der Waals surface area contributed by atoms with Crippen LogP contribution in [0, 0.1) is 0 Å². The van der Waals surface area contributed by atoms with Crippen molar-refractivity contribution >= 4 is 82.9 Å². The van der Waals surface area contributed by atoms with E-state index in [0.717, 1.165) is 22.8 Å². The van der Waals surface area contributed by atoms with Crippen molar-refractivity contribution in [3.05, 3.63) is 97.2 Å². The molecular weight excluding hydrogens is 624 g/mol. The Bertz CT molecular complexity index is 1180. The van der Waals surface area contributed by atoms with E-state index in [4.69, 9.17) is 19.3 Å². The van der Waals surface area contributed by atoms with Gasteiger partial charge in [-0.2, -0.15) is 0 Å². The molecule has 40 heavy (non-hydrogen) atoms. The first-order valence-corrected chi connectivity index (χ1v) is 18.4. The maximum atomic E-state index is 4.92. The molecule has 0 bridgehead atoms. The summed E-state index contributed by atoms with van der Waals surface area (Å²) in [4.78, 5) is 32.5. The third kappa shape index (κ3) is 9.46. The molecule has 0 N–H and O–H groups in total. The maximum absolute atomic E-state index is 4.92. The molecule has 8 nitrogen and oxygen atoms in total. The molecule has 0 saturated carbocycles. The average molecular weight is 649 g/mol. The molecule has 0 radical (unpaired) electrons. The Morgan fingerprint density at radius 3 is 0.850 bits per heavy atom. The summed E-state index contributed by atoms with van der Waals surface area (Å²) in [5, 5.41) is 0. The second-order valence-corrected chi connectivity index (χ2v) is 11.9. The minimum atomic E-state index is -0.743. The predicted octanol–water partition coefficient (Wildman–Crippen LogP) is 1.86. The Morgan fingerprint density at radius 2 is 0.650 bits per heavy atom. The number of aliphatic imine (C=N–C) groups is 8. The Hall–Kier alpha value is -3.21. The van der Waals surface area contributed by atoms with Gasteiger partial charge in [-0.15, -0.1) is 0 Å². The molecule has 0 aromatic carbocycles. The molecule has 12 heteroatoms. The molecule has 0 spiro atoms. The van der Waals surface area contributed by atoms with Gasteiger partial charge in [0.1, 0.15) is 49.5 Å². The number of allylic oxidation sites excluding steroid dienone is 8. The van der Waals surface area contributed by atoms with Crippen molar-refractivity contribution in [1.29, 1.82) is 0 Å². The number of halogens is 3. The first kappa shape index (κ1) is 31.3. The SMILES string of the molecule is C1=CC2=NC=NC2C=C1.C1=CC2=NC=NC2C=C1.C1=CC2=NC=NC2C=C1.C1=CC2=NC=NC2C=C1.[Cl-].[Cl][Ga+][Cl]. The summed E-state index contributed by atoms with van der Waals surface area (Å²) >= 11 is -0.743. The zero-order valence-corrected chi connectivity index (χ0v) is 25.8. The van der Waals surface area contributed by atoms with E-state index in [1.54, 1.807) is 25.4 Å². The average Bonchev–Trinajstić information content (AvgIpc) is 3.81. The van der Waals surface area contributed by atoms with E-state index in [1.807, 2.05) is 97.2 Å². The summed E-state index contributed by atoms with van der Waals surface area (Å²) in [5.41, 5.74) is 4.21. The Kier molecular flexibility index (Phi) is 13.7. The fraction of sp³-hybridized carbons (Fsp3) is 0.143. The summed E-state index contributed by atoms with van der Waals surface area (Å²) in [5.74, 6) is 0. The molecule has 4 unspecified atom stereocenters. The Labute approximate surface area is 255 Å². The van der Waals surface area contributed by atoms with Gasteiger partial charge in [-0.05, 0) is 24.3 Å². The molecule has 0 fully saturated rings. The van der Waals surface area contributed by atoms with Crippen LogP contribution in [0.25, 0.3) is 0 Å². The molecule has 4 atom stereocenters. The molecule has 8 aliphatic rings. The van der Waals surface area contributed by atoms with E-state index in [9.17, 15) is 0 Å². The van der Waals surface area contributed by atoms with E-state index in [-0.39, 0.29) is 36.6 Å². The molecule has 0 amide bonds. The van der Waals surface area contributed by atoms with Crippen molar-refractivity contribution in [3.8, 4) is 0 Å². The van der Waals surface area contributed by atoms with Gasteiger partial charge in [-0.3, -0.25) is 20.0 Å². The van der Waals surface area contributed by atoms with Gasteiger partial charge >= 0.3 is 34.7 Å². The first-order valence-electron chi connectivity index (χ1n) is 12.1. The molecule has 0 saturated heterocycles. The number of rotatable bonds is 0. The van der Waals surface area contributed by atoms with Crippen LogP contribution in [0.5, 0.6) is 0 Å². The van der Waals surface area contributed by atoms with Crippen LogP contribution >= 0.6 is 19.3 Å². The fourth-order valence-corrected chi connectivity index (χ4v) is 3.75. The van der Waals surface area contributed by atoms with Crippen molar-refractivity contribution in [3.63, 3.8) is 0 Å². The van der Waals surface area contributed by atoms with E-state index in [1.165, 1.54) is 0 Å². The van der Waals surface area contributed by atoms with E-state index in [2.05, 4.69) is 39.9 Å². The molecule has 4 aliphatic heterocycles. The van der Waals surface area contributed by atoms with Gasteiger partial charge in [0.05, 0.1) is 22.8 Å². The second-order valence-electron chi connectivity index (χ2n) is 8.11. The summed E-state index contributed by atoms with van der Waals surface area (Å²) in [6, 6.07) is 0.870. The minimum absolute atomic E-state index is 0. The van der Waals surface area contributed by atoms with Gasteiger partial charge in [0.25, 0.3) is 0 Å². The van der Waals surface area contributed by atoms with Crippen LogP contribution in [0.3, 0.4) is 0 Å². The van der Waals surface area contributed by atoms with Crippen LogP contribution in [0.1, 0.15) is 0 Å². The zero-order valence-electron chi connectivity index (χ0n) is 21.1. The normalized spacial score (nSPS) is 25.9. The Balaban J connectivity index is 0.000000141. The van der Waals surface area contributed by atoms with Gasteiger partial charge in [0, 0.05) is 0 Å². The monoisotopic (exact) mass is 646 g/mol. The topological polar surface area (TPSA) is 98.9 Å². The molecule has 4 aliphatic carbocycles.